The Bertz CT molecular complexity index is 378. The largest absolute Gasteiger partial charge is 0.322 e. The van der Waals surface area contributed by atoms with Crippen molar-refractivity contribution < 1.29 is 0 Å². The predicted molar refractivity (Wildman–Crippen MR) is 73.0 cm³/mol. The molecule has 0 aliphatic carbocycles. The Kier molecular flexibility index (Phi) is 3.55. The SMILES string of the molecule is Cc1ccccc1C(N)C(C)(C)N1CCCC1. The van der Waals surface area contributed by atoms with E-state index >= 15 is 0 Å². The number of hydrogen-bond donors (Lipinski definition) is 1. The van der Waals surface area contributed by atoms with E-state index in [1.54, 1.807) is 0 Å². The van der Waals surface area contributed by atoms with E-state index in [0.717, 1.165) is 0 Å². The summed E-state index contributed by atoms with van der Waals surface area (Å²) in [6, 6.07) is 8.56. The van der Waals surface area contributed by atoms with Crippen LogP contribution in [-0.4, -0.2) is 23.5 Å². The van der Waals surface area contributed by atoms with Crippen molar-refractivity contribution in [1.29, 1.82) is 0 Å². The molecule has 1 unspecified atom stereocenters. The molecule has 1 atom stereocenters. The van der Waals surface area contributed by atoms with Crippen LogP contribution in [0.1, 0.15) is 43.9 Å². The van der Waals surface area contributed by atoms with Crippen LogP contribution in [0.2, 0.25) is 0 Å². The van der Waals surface area contributed by atoms with Gasteiger partial charge in [0, 0.05) is 11.6 Å². The van der Waals surface area contributed by atoms with Crippen LogP contribution in [0.4, 0.5) is 0 Å². The first kappa shape index (κ1) is 12.6. The van der Waals surface area contributed by atoms with E-state index in [4.69, 9.17) is 5.73 Å². The maximum atomic E-state index is 6.51. The van der Waals surface area contributed by atoms with E-state index < -0.39 is 0 Å². The zero-order chi connectivity index (χ0) is 12.5. The normalized spacial score (nSPS) is 19.5. The van der Waals surface area contributed by atoms with Gasteiger partial charge in [-0.1, -0.05) is 24.3 Å². The first-order valence-corrected chi connectivity index (χ1v) is 6.59. The molecule has 1 aromatic carbocycles. The van der Waals surface area contributed by atoms with Gasteiger partial charge in [0.15, 0.2) is 0 Å². The Morgan fingerprint density at radius 1 is 1.18 bits per heavy atom. The Hall–Kier alpha value is -0.860. The number of nitrogens with zero attached hydrogens (tertiary/aromatic N) is 1. The van der Waals surface area contributed by atoms with Crippen molar-refractivity contribution in [3.63, 3.8) is 0 Å². The third-order valence-electron chi connectivity index (χ3n) is 4.21. The molecule has 0 bridgehead atoms. The minimum Gasteiger partial charge on any atom is -0.322 e. The van der Waals surface area contributed by atoms with Crippen molar-refractivity contribution in [2.45, 2.75) is 45.2 Å². The van der Waals surface area contributed by atoms with Crippen molar-refractivity contribution in [3.8, 4) is 0 Å². The summed E-state index contributed by atoms with van der Waals surface area (Å²) in [6.07, 6.45) is 2.62. The summed E-state index contributed by atoms with van der Waals surface area (Å²) < 4.78 is 0. The molecule has 0 saturated carbocycles. The maximum Gasteiger partial charge on any atom is 0.0479 e. The van der Waals surface area contributed by atoms with E-state index in [1.165, 1.54) is 37.1 Å². The van der Waals surface area contributed by atoms with Gasteiger partial charge in [0.2, 0.25) is 0 Å². The zero-order valence-electron chi connectivity index (χ0n) is 11.2. The molecule has 17 heavy (non-hydrogen) atoms. The summed E-state index contributed by atoms with van der Waals surface area (Å²) in [5, 5.41) is 0. The van der Waals surface area contributed by atoms with Crippen LogP contribution in [0.25, 0.3) is 0 Å². The fourth-order valence-corrected chi connectivity index (χ4v) is 2.81. The molecule has 1 fully saturated rings. The molecule has 0 radical (unpaired) electrons. The van der Waals surface area contributed by atoms with Crippen LogP contribution in [0, 0.1) is 6.92 Å². The van der Waals surface area contributed by atoms with Crippen LogP contribution < -0.4 is 5.73 Å². The second-order valence-electron chi connectivity index (χ2n) is 5.68. The molecule has 1 aliphatic rings. The Labute approximate surface area is 105 Å². The lowest BCUT2D eigenvalue weighted by Gasteiger charge is -2.41. The molecule has 2 nitrogen and oxygen atoms in total. The first-order chi connectivity index (χ1) is 8.03. The van der Waals surface area contributed by atoms with Crippen molar-refractivity contribution >= 4 is 0 Å². The van der Waals surface area contributed by atoms with Crippen LogP contribution in [0.3, 0.4) is 0 Å². The van der Waals surface area contributed by atoms with E-state index in [9.17, 15) is 0 Å². The maximum absolute atomic E-state index is 6.51. The van der Waals surface area contributed by atoms with Crippen LogP contribution in [0.15, 0.2) is 24.3 Å². The van der Waals surface area contributed by atoms with E-state index in [0.29, 0.717) is 0 Å². The molecule has 2 rings (SSSR count). The van der Waals surface area contributed by atoms with Gasteiger partial charge in [0.05, 0.1) is 0 Å². The number of rotatable bonds is 3. The molecule has 0 spiro atoms. The predicted octanol–water partition coefficient (Wildman–Crippen LogP) is 2.87. The molecule has 0 aromatic heterocycles. The van der Waals surface area contributed by atoms with E-state index in [1.807, 2.05) is 0 Å². The molecule has 94 valence electrons. The number of benzene rings is 1. The van der Waals surface area contributed by atoms with Crippen LogP contribution in [0.5, 0.6) is 0 Å². The molecular formula is C15H24N2. The molecular weight excluding hydrogens is 208 g/mol. The molecule has 1 aromatic rings. The summed E-state index contributed by atoms with van der Waals surface area (Å²) in [7, 11) is 0. The van der Waals surface area contributed by atoms with Gasteiger partial charge in [-0.05, 0) is 57.8 Å². The highest BCUT2D eigenvalue weighted by Crippen LogP contribution is 2.32. The lowest BCUT2D eigenvalue weighted by molar-refractivity contribution is 0.124. The Morgan fingerprint density at radius 2 is 1.76 bits per heavy atom. The summed E-state index contributed by atoms with van der Waals surface area (Å²) in [5.41, 5.74) is 9.14. The molecule has 1 saturated heterocycles. The average Bonchev–Trinajstić information content (AvgIpc) is 2.83. The minimum absolute atomic E-state index is 0.0443. The fraction of sp³-hybridized carbons (Fsp3) is 0.600. The lowest BCUT2D eigenvalue weighted by Crippen LogP contribution is -2.50. The van der Waals surface area contributed by atoms with E-state index in [-0.39, 0.29) is 11.6 Å². The molecule has 1 aliphatic heterocycles. The van der Waals surface area contributed by atoms with Gasteiger partial charge >= 0.3 is 0 Å². The first-order valence-electron chi connectivity index (χ1n) is 6.59. The highest BCUT2D eigenvalue weighted by Gasteiger charge is 2.35. The van der Waals surface area contributed by atoms with Crippen molar-refractivity contribution in [2.75, 3.05) is 13.1 Å². The smallest absolute Gasteiger partial charge is 0.0479 e. The number of nitrogens with two attached hydrogens (primary N) is 1. The lowest BCUT2D eigenvalue weighted by atomic mass is 9.86. The minimum atomic E-state index is 0.0443. The van der Waals surface area contributed by atoms with Gasteiger partial charge < -0.3 is 5.73 Å². The summed E-state index contributed by atoms with van der Waals surface area (Å²) in [4.78, 5) is 2.53. The standard InChI is InChI=1S/C15H24N2/c1-12-8-4-5-9-13(12)14(16)15(2,3)17-10-6-7-11-17/h4-5,8-9,14H,6-7,10-11,16H2,1-3H3. The van der Waals surface area contributed by atoms with Gasteiger partial charge in [0.25, 0.3) is 0 Å². The monoisotopic (exact) mass is 232 g/mol. The second-order valence-corrected chi connectivity index (χ2v) is 5.68. The van der Waals surface area contributed by atoms with Crippen molar-refractivity contribution in [3.05, 3.63) is 35.4 Å². The number of hydrogen-bond acceptors (Lipinski definition) is 2. The second kappa shape index (κ2) is 4.79. The molecule has 2 N–H and O–H groups in total. The Morgan fingerprint density at radius 3 is 2.35 bits per heavy atom. The van der Waals surface area contributed by atoms with Crippen molar-refractivity contribution in [1.82, 2.24) is 4.90 Å². The highest BCUT2D eigenvalue weighted by molar-refractivity contribution is 5.30. The summed E-state index contributed by atoms with van der Waals surface area (Å²) in [6.45, 7) is 9.07. The van der Waals surface area contributed by atoms with Gasteiger partial charge in [-0.3, -0.25) is 4.90 Å². The third-order valence-corrected chi connectivity index (χ3v) is 4.21. The number of likely N-dealkylation sites (tertiary alicyclic amines) is 1. The van der Waals surface area contributed by atoms with Gasteiger partial charge in [-0.15, -0.1) is 0 Å². The fourth-order valence-electron chi connectivity index (χ4n) is 2.81. The summed E-state index contributed by atoms with van der Waals surface area (Å²) in [5.74, 6) is 0. The molecule has 1 heterocycles. The third kappa shape index (κ3) is 2.38. The van der Waals surface area contributed by atoms with Gasteiger partial charge in [0.1, 0.15) is 0 Å². The van der Waals surface area contributed by atoms with Gasteiger partial charge in [-0.2, -0.15) is 0 Å². The Balaban J connectivity index is 2.24. The topological polar surface area (TPSA) is 29.3 Å². The summed E-state index contributed by atoms with van der Waals surface area (Å²) >= 11 is 0. The molecule has 0 amide bonds. The number of aryl methyl sites for hydroxylation is 1. The quantitative estimate of drug-likeness (QED) is 0.868. The van der Waals surface area contributed by atoms with Gasteiger partial charge in [-0.25, -0.2) is 0 Å². The van der Waals surface area contributed by atoms with Crippen LogP contribution in [-0.2, 0) is 0 Å². The van der Waals surface area contributed by atoms with Crippen molar-refractivity contribution in [2.24, 2.45) is 5.73 Å². The molecule has 2 heteroatoms. The highest BCUT2D eigenvalue weighted by atomic mass is 15.2. The average molecular weight is 232 g/mol. The zero-order valence-corrected chi connectivity index (χ0v) is 11.2. The van der Waals surface area contributed by atoms with Crippen LogP contribution >= 0.6 is 0 Å². The van der Waals surface area contributed by atoms with E-state index in [2.05, 4.69) is 49.9 Å².